The zero-order chi connectivity index (χ0) is 19.3. The summed E-state index contributed by atoms with van der Waals surface area (Å²) in [6.07, 6.45) is 2.12. The molecular formula is C21H24FN5. The van der Waals surface area contributed by atoms with Crippen molar-refractivity contribution in [3.05, 3.63) is 47.0 Å². The summed E-state index contributed by atoms with van der Waals surface area (Å²) in [6, 6.07) is 6.81. The third-order valence-corrected chi connectivity index (χ3v) is 5.39. The molecule has 0 aliphatic carbocycles. The first-order valence-electron chi connectivity index (χ1n) is 9.43. The molecule has 0 atom stereocenters. The summed E-state index contributed by atoms with van der Waals surface area (Å²) < 4.78 is 17.5. The molecular weight excluding hydrogens is 341 g/mol. The van der Waals surface area contributed by atoms with Gasteiger partial charge in [-0.05, 0) is 56.9 Å². The van der Waals surface area contributed by atoms with Gasteiger partial charge in [0.15, 0.2) is 11.5 Å². The number of rotatable bonds is 4. The molecule has 0 aliphatic heterocycles. The lowest BCUT2D eigenvalue weighted by atomic mass is 9.95. The average molecular weight is 365 g/mol. The van der Waals surface area contributed by atoms with Gasteiger partial charge < -0.3 is 4.57 Å². The van der Waals surface area contributed by atoms with Gasteiger partial charge in [0.1, 0.15) is 11.5 Å². The molecule has 3 heterocycles. The molecule has 0 spiro atoms. The average Bonchev–Trinajstić information content (AvgIpc) is 3.12. The van der Waals surface area contributed by atoms with E-state index in [1.807, 2.05) is 30.0 Å². The Labute approximate surface area is 157 Å². The fourth-order valence-electron chi connectivity index (χ4n) is 3.94. The normalized spacial score (nSPS) is 12.0. The highest BCUT2D eigenvalue weighted by molar-refractivity contribution is 5.81. The topological polar surface area (TPSA) is 48.0 Å². The summed E-state index contributed by atoms with van der Waals surface area (Å²) in [6.45, 7) is 8.40. The first-order chi connectivity index (χ1) is 12.9. The molecule has 0 saturated heterocycles. The van der Waals surface area contributed by atoms with E-state index in [0.29, 0.717) is 5.92 Å². The Kier molecular flexibility index (Phi) is 4.21. The maximum absolute atomic E-state index is 13.7. The third-order valence-electron chi connectivity index (χ3n) is 5.39. The number of fused-ring (bicyclic) bond motifs is 2. The van der Waals surface area contributed by atoms with Crippen LogP contribution < -0.4 is 0 Å². The number of aryl methyl sites for hydroxylation is 3. The second kappa shape index (κ2) is 6.44. The molecule has 0 aliphatic rings. The van der Waals surface area contributed by atoms with Gasteiger partial charge in [0.2, 0.25) is 0 Å². The molecule has 0 bridgehead atoms. The molecule has 5 nitrogen and oxygen atoms in total. The van der Waals surface area contributed by atoms with E-state index in [1.54, 1.807) is 6.07 Å². The smallest absolute Gasteiger partial charge is 0.161 e. The van der Waals surface area contributed by atoms with Crippen molar-refractivity contribution in [2.45, 2.75) is 46.5 Å². The zero-order valence-electron chi connectivity index (χ0n) is 16.4. The second-order valence-corrected chi connectivity index (χ2v) is 7.16. The predicted octanol–water partition coefficient (Wildman–Crippen LogP) is 4.94. The van der Waals surface area contributed by atoms with E-state index < -0.39 is 0 Å². The van der Waals surface area contributed by atoms with E-state index in [9.17, 15) is 4.39 Å². The van der Waals surface area contributed by atoms with Gasteiger partial charge in [0.25, 0.3) is 0 Å². The predicted molar refractivity (Wildman–Crippen MR) is 105 cm³/mol. The number of benzene rings is 1. The summed E-state index contributed by atoms with van der Waals surface area (Å²) in [4.78, 5) is 9.60. The number of nitrogens with zero attached hydrogens (tertiary/aromatic N) is 5. The van der Waals surface area contributed by atoms with E-state index in [0.717, 1.165) is 52.4 Å². The monoisotopic (exact) mass is 365 g/mol. The minimum absolute atomic E-state index is 0.267. The van der Waals surface area contributed by atoms with E-state index in [4.69, 9.17) is 15.1 Å². The van der Waals surface area contributed by atoms with Crippen LogP contribution in [0.1, 0.15) is 49.6 Å². The lowest BCUT2D eigenvalue weighted by molar-refractivity contribution is 0.629. The van der Waals surface area contributed by atoms with Crippen molar-refractivity contribution in [3.63, 3.8) is 0 Å². The minimum atomic E-state index is -0.267. The quantitative estimate of drug-likeness (QED) is 0.514. The Morgan fingerprint density at radius 2 is 1.81 bits per heavy atom. The van der Waals surface area contributed by atoms with Crippen LogP contribution >= 0.6 is 0 Å². The molecule has 27 heavy (non-hydrogen) atoms. The highest BCUT2D eigenvalue weighted by atomic mass is 19.1. The minimum Gasteiger partial charge on any atom is -0.326 e. The fourth-order valence-corrected chi connectivity index (χ4v) is 3.94. The van der Waals surface area contributed by atoms with Gasteiger partial charge in [0, 0.05) is 12.6 Å². The molecule has 0 unspecified atom stereocenters. The van der Waals surface area contributed by atoms with Crippen molar-refractivity contribution >= 4 is 16.7 Å². The van der Waals surface area contributed by atoms with Crippen LogP contribution in [-0.4, -0.2) is 24.1 Å². The van der Waals surface area contributed by atoms with Gasteiger partial charge in [-0.3, -0.25) is 0 Å². The van der Waals surface area contributed by atoms with E-state index in [-0.39, 0.29) is 5.82 Å². The molecule has 6 heteroatoms. The Hall–Kier alpha value is -2.76. The van der Waals surface area contributed by atoms with Gasteiger partial charge in [-0.2, -0.15) is 5.10 Å². The molecule has 0 radical (unpaired) electrons. The molecule has 4 aromatic rings. The van der Waals surface area contributed by atoms with Crippen LogP contribution in [0.3, 0.4) is 0 Å². The van der Waals surface area contributed by atoms with Gasteiger partial charge in [-0.15, -0.1) is 0 Å². The van der Waals surface area contributed by atoms with Crippen molar-refractivity contribution in [2.75, 3.05) is 0 Å². The van der Waals surface area contributed by atoms with Crippen LogP contribution in [0.5, 0.6) is 0 Å². The van der Waals surface area contributed by atoms with Crippen LogP contribution in [0.4, 0.5) is 4.39 Å². The summed E-state index contributed by atoms with van der Waals surface area (Å²) in [5.41, 5.74) is 6.32. The summed E-state index contributed by atoms with van der Waals surface area (Å²) in [5.74, 6) is 0.921. The maximum Gasteiger partial charge on any atom is 0.161 e. The van der Waals surface area contributed by atoms with Crippen molar-refractivity contribution in [2.24, 2.45) is 7.05 Å². The van der Waals surface area contributed by atoms with Crippen molar-refractivity contribution in [3.8, 4) is 11.5 Å². The Morgan fingerprint density at radius 3 is 2.52 bits per heavy atom. The highest BCUT2D eigenvalue weighted by Crippen LogP contribution is 2.32. The standard InChI is InChI=1S/C21H24FN5/c1-6-14(7-2)16-10-12(3)25-27-19(13(4)23-20(16)27)21-24-17-9-8-15(22)11-18(17)26(21)5/h8-11,14H,6-7H2,1-5H3. The van der Waals surface area contributed by atoms with Crippen LogP contribution in [0, 0.1) is 19.7 Å². The SMILES string of the molecule is CCC(CC)c1cc(C)nn2c(-c3nc4ccc(F)cc4n3C)c(C)nc12. The lowest BCUT2D eigenvalue weighted by Crippen LogP contribution is -2.06. The van der Waals surface area contributed by atoms with Gasteiger partial charge >= 0.3 is 0 Å². The van der Waals surface area contributed by atoms with Crippen molar-refractivity contribution < 1.29 is 4.39 Å². The summed E-state index contributed by atoms with van der Waals surface area (Å²) in [7, 11) is 1.90. The number of aromatic nitrogens is 5. The summed E-state index contributed by atoms with van der Waals surface area (Å²) >= 11 is 0. The van der Waals surface area contributed by atoms with Crippen LogP contribution in [0.2, 0.25) is 0 Å². The van der Waals surface area contributed by atoms with Crippen LogP contribution in [0.15, 0.2) is 24.3 Å². The Balaban J connectivity index is 2.03. The lowest BCUT2D eigenvalue weighted by Gasteiger charge is -2.14. The maximum atomic E-state index is 13.7. The molecule has 1 aromatic carbocycles. The molecule has 0 fully saturated rings. The van der Waals surface area contributed by atoms with E-state index >= 15 is 0 Å². The Morgan fingerprint density at radius 1 is 1.07 bits per heavy atom. The highest BCUT2D eigenvalue weighted by Gasteiger charge is 2.22. The molecule has 0 amide bonds. The first kappa shape index (κ1) is 17.6. The van der Waals surface area contributed by atoms with Gasteiger partial charge in [-0.25, -0.2) is 18.9 Å². The van der Waals surface area contributed by atoms with E-state index in [1.165, 1.54) is 17.7 Å². The number of imidazole rings is 2. The molecule has 0 saturated carbocycles. The zero-order valence-corrected chi connectivity index (χ0v) is 16.4. The third kappa shape index (κ3) is 2.71. The largest absolute Gasteiger partial charge is 0.326 e. The molecule has 4 rings (SSSR count). The van der Waals surface area contributed by atoms with Crippen LogP contribution in [0.25, 0.3) is 28.2 Å². The number of hydrogen-bond acceptors (Lipinski definition) is 3. The molecule has 140 valence electrons. The number of halogens is 1. The van der Waals surface area contributed by atoms with Gasteiger partial charge in [0.05, 0.1) is 22.4 Å². The van der Waals surface area contributed by atoms with E-state index in [2.05, 4.69) is 19.9 Å². The van der Waals surface area contributed by atoms with Gasteiger partial charge in [-0.1, -0.05) is 13.8 Å². The number of hydrogen-bond donors (Lipinski definition) is 0. The van der Waals surface area contributed by atoms with Crippen LogP contribution in [-0.2, 0) is 7.05 Å². The van der Waals surface area contributed by atoms with Crippen molar-refractivity contribution in [1.29, 1.82) is 0 Å². The summed E-state index contributed by atoms with van der Waals surface area (Å²) in [5, 5.41) is 4.74. The molecule has 0 N–H and O–H groups in total. The molecule has 3 aromatic heterocycles. The van der Waals surface area contributed by atoms with Crippen molar-refractivity contribution in [1.82, 2.24) is 24.1 Å². The second-order valence-electron chi connectivity index (χ2n) is 7.16. The fraction of sp³-hybridized carbons (Fsp3) is 0.381. The Bertz CT molecular complexity index is 1150. The first-order valence-corrected chi connectivity index (χ1v) is 9.43.